The molecule has 1 heterocycles. The second kappa shape index (κ2) is 11.1. The molecule has 0 spiro atoms. The molecule has 1 amide bonds. The number of nitrogen functional groups attached to an aromatic ring is 1. The third-order valence-corrected chi connectivity index (χ3v) is 4.47. The predicted molar refractivity (Wildman–Crippen MR) is 112 cm³/mol. The van der Waals surface area contributed by atoms with Crippen molar-refractivity contribution in [1.29, 1.82) is 0 Å². The van der Waals surface area contributed by atoms with Crippen LogP contribution in [0.5, 0.6) is 0 Å². The van der Waals surface area contributed by atoms with Gasteiger partial charge in [0.25, 0.3) is 5.91 Å². The molecule has 0 bridgehead atoms. The number of amides is 1. The highest BCUT2D eigenvalue weighted by molar-refractivity contribution is 5.94. The molecule has 0 aromatic heterocycles. The fourth-order valence-corrected chi connectivity index (χ4v) is 3.12. The monoisotopic (exact) mass is 395 g/mol. The molecular weight excluding hydrogens is 369 g/mol. The highest BCUT2D eigenvalue weighted by Crippen LogP contribution is 2.14. The Labute approximate surface area is 168 Å². The van der Waals surface area contributed by atoms with E-state index in [4.69, 9.17) is 5.73 Å². The summed E-state index contributed by atoms with van der Waals surface area (Å²) in [5.41, 5.74) is 9.56. The minimum atomic E-state index is -0.00582. The van der Waals surface area contributed by atoms with Gasteiger partial charge in [-0.25, -0.2) is 0 Å². The third-order valence-electron chi connectivity index (χ3n) is 4.47. The highest BCUT2D eigenvalue weighted by atomic mass is 35.5. The Kier molecular flexibility index (Phi) is 9.49. The maximum Gasteiger partial charge on any atom is 0.251 e. The van der Waals surface area contributed by atoms with Crippen molar-refractivity contribution in [2.75, 3.05) is 25.4 Å². The first-order chi connectivity index (χ1) is 11.7. The third kappa shape index (κ3) is 6.52. The number of hydrogen-bond donors (Lipinski definition) is 2. The summed E-state index contributed by atoms with van der Waals surface area (Å²) in [6.07, 6.45) is 3.37. The van der Waals surface area contributed by atoms with Gasteiger partial charge in [0.2, 0.25) is 0 Å². The van der Waals surface area contributed by atoms with Gasteiger partial charge in [0.15, 0.2) is 0 Å². The van der Waals surface area contributed by atoms with Crippen LogP contribution in [-0.4, -0.2) is 30.4 Å². The van der Waals surface area contributed by atoms with E-state index >= 15 is 0 Å². The van der Waals surface area contributed by atoms with Gasteiger partial charge >= 0.3 is 0 Å². The van der Waals surface area contributed by atoms with Crippen LogP contribution in [0.1, 0.15) is 34.3 Å². The van der Waals surface area contributed by atoms with E-state index in [1.54, 1.807) is 0 Å². The Morgan fingerprint density at radius 1 is 1.00 bits per heavy atom. The van der Waals surface area contributed by atoms with Gasteiger partial charge in [0.05, 0.1) is 0 Å². The van der Waals surface area contributed by atoms with Crippen molar-refractivity contribution in [3.8, 4) is 0 Å². The number of halogens is 2. The summed E-state index contributed by atoms with van der Waals surface area (Å²) >= 11 is 0. The number of carbonyl (C=O) groups excluding carboxylic acids is 1. The summed E-state index contributed by atoms with van der Waals surface area (Å²) in [6.45, 7) is 3.89. The van der Waals surface area contributed by atoms with E-state index in [0.717, 1.165) is 37.3 Å². The number of nitrogens with one attached hydrogen (secondary N) is 1. The molecular formula is C20H27Cl2N3O. The first kappa shape index (κ1) is 22.3. The molecule has 1 aliphatic heterocycles. The smallest absolute Gasteiger partial charge is 0.251 e. The topological polar surface area (TPSA) is 58.4 Å². The molecule has 0 aliphatic carbocycles. The molecule has 0 atom stereocenters. The fourth-order valence-electron chi connectivity index (χ4n) is 3.12. The lowest BCUT2D eigenvalue weighted by molar-refractivity contribution is 0.0954. The van der Waals surface area contributed by atoms with E-state index in [-0.39, 0.29) is 30.7 Å². The van der Waals surface area contributed by atoms with Gasteiger partial charge in [-0.2, -0.15) is 0 Å². The SMILES string of the molecule is Cl.Cl.Nc1ccc(CCNC(=O)c2cccc(CN3CCCC3)c2)cc1. The molecule has 4 nitrogen and oxygen atoms in total. The lowest BCUT2D eigenvalue weighted by Crippen LogP contribution is -2.26. The molecule has 1 fully saturated rings. The van der Waals surface area contributed by atoms with Crippen LogP contribution in [0, 0.1) is 0 Å². The molecule has 1 aliphatic rings. The Hall–Kier alpha value is -1.75. The highest BCUT2D eigenvalue weighted by Gasteiger charge is 2.12. The molecule has 26 heavy (non-hydrogen) atoms. The molecule has 1 saturated heterocycles. The number of carbonyl (C=O) groups is 1. The van der Waals surface area contributed by atoms with Crippen molar-refractivity contribution in [2.45, 2.75) is 25.8 Å². The van der Waals surface area contributed by atoms with Gasteiger partial charge in [-0.05, 0) is 67.7 Å². The summed E-state index contributed by atoms with van der Waals surface area (Å²) < 4.78 is 0. The molecule has 0 unspecified atom stereocenters. The van der Waals surface area contributed by atoms with Crippen LogP contribution in [0.2, 0.25) is 0 Å². The van der Waals surface area contributed by atoms with Gasteiger partial charge < -0.3 is 11.1 Å². The van der Waals surface area contributed by atoms with Crippen molar-refractivity contribution in [1.82, 2.24) is 10.2 Å². The van der Waals surface area contributed by atoms with Gasteiger partial charge in [-0.1, -0.05) is 24.3 Å². The van der Waals surface area contributed by atoms with Crippen molar-refractivity contribution < 1.29 is 4.79 Å². The number of hydrogen-bond acceptors (Lipinski definition) is 3. The summed E-state index contributed by atoms with van der Waals surface area (Å²) in [5, 5.41) is 3.00. The van der Waals surface area contributed by atoms with Crippen LogP contribution < -0.4 is 11.1 Å². The van der Waals surface area contributed by atoms with Crippen LogP contribution in [0.15, 0.2) is 48.5 Å². The number of nitrogens with zero attached hydrogens (tertiary/aromatic N) is 1. The van der Waals surface area contributed by atoms with Crippen LogP contribution in [0.3, 0.4) is 0 Å². The van der Waals surface area contributed by atoms with E-state index in [1.165, 1.54) is 24.0 Å². The predicted octanol–water partition coefficient (Wildman–Crippen LogP) is 3.68. The Morgan fingerprint density at radius 3 is 2.38 bits per heavy atom. The number of benzene rings is 2. The van der Waals surface area contributed by atoms with Crippen molar-refractivity contribution in [3.63, 3.8) is 0 Å². The summed E-state index contributed by atoms with van der Waals surface area (Å²) in [4.78, 5) is 14.8. The zero-order valence-electron chi connectivity index (χ0n) is 14.8. The average molecular weight is 396 g/mol. The number of likely N-dealkylation sites (tertiary alicyclic amines) is 1. The van der Waals surface area contributed by atoms with Gasteiger partial charge in [-0.15, -0.1) is 24.8 Å². The first-order valence-electron chi connectivity index (χ1n) is 8.64. The van der Waals surface area contributed by atoms with Crippen LogP contribution >= 0.6 is 24.8 Å². The summed E-state index contributed by atoms with van der Waals surface area (Å²) in [6, 6.07) is 15.7. The van der Waals surface area contributed by atoms with Crippen LogP contribution in [0.4, 0.5) is 5.69 Å². The van der Waals surface area contributed by atoms with E-state index in [2.05, 4.69) is 16.3 Å². The minimum Gasteiger partial charge on any atom is -0.399 e. The van der Waals surface area contributed by atoms with Gasteiger partial charge in [-0.3, -0.25) is 9.69 Å². The van der Waals surface area contributed by atoms with E-state index in [9.17, 15) is 4.79 Å². The maximum absolute atomic E-state index is 12.3. The maximum atomic E-state index is 12.3. The zero-order valence-corrected chi connectivity index (χ0v) is 16.5. The number of anilines is 1. The average Bonchev–Trinajstić information content (AvgIpc) is 3.10. The van der Waals surface area contributed by atoms with Crippen molar-refractivity contribution >= 4 is 36.4 Å². The normalized spacial score (nSPS) is 13.5. The minimum absolute atomic E-state index is 0. The number of rotatable bonds is 6. The Morgan fingerprint density at radius 2 is 1.69 bits per heavy atom. The Bertz CT molecular complexity index is 686. The van der Waals surface area contributed by atoms with Crippen LogP contribution in [-0.2, 0) is 13.0 Å². The first-order valence-corrected chi connectivity index (χ1v) is 8.64. The standard InChI is InChI=1S/C20H25N3O.2ClH/c21-19-8-6-16(7-9-19)10-11-22-20(24)18-5-3-4-17(14-18)15-23-12-1-2-13-23;;/h3-9,14H,1-2,10-13,15,21H2,(H,22,24);2*1H. The lowest BCUT2D eigenvalue weighted by atomic mass is 10.1. The Balaban J connectivity index is 0.00000169. The van der Waals surface area contributed by atoms with E-state index in [0.29, 0.717) is 6.54 Å². The summed E-state index contributed by atoms with van der Waals surface area (Å²) in [5.74, 6) is -0.00582. The molecule has 2 aromatic carbocycles. The lowest BCUT2D eigenvalue weighted by Gasteiger charge is -2.15. The molecule has 3 rings (SSSR count). The fraction of sp³-hybridized carbons (Fsp3) is 0.350. The van der Waals surface area contributed by atoms with Crippen molar-refractivity contribution in [3.05, 3.63) is 65.2 Å². The quantitative estimate of drug-likeness (QED) is 0.733. The summed E-state index contributed by atoms with van der Waals surface area (Å²) in [7, 11) is 0. The second-order valence-corrected chi connectivity index (χ2v) is 6.43. The van der Waals surface area contributed by atoms with Crippen molar-refractivity contribution in [2.24, 2.45) is 0 Å². The van der Waals surface area contributed by atoms with Gasteiger partial charge in [0.1, 0.15) is 0 Å². The molecule has 0 radical (unpaired) electrons. The molecule has 142 valence electrons. The molecule has 0 saturated carbocycles. The zero-order chi connectivity index (χ0) is 16.8. The number of nitrogens with two attached hydrogens (primary N) is 1. The van der Waals surface area contributed by atoms with E-state index in [1.807, 2.05) is 42.5 Å². The molecule has 2 aromatic rings. The van der Waals surface area contributed by atoms with Gasteiger partial charge in [0, 0.05) is 24.3 Å². The second-order valence-electron chi connectivity index (χ2n) is 6.43. The largest absolute Gasteiger partial charge is 0.399 e. The molecule has 3 N–H and O–H groups in total. The van der Waals surface area contributed by atoms with E-state index < -0.39 is 0 Å². The molecule has 6 heteroatoms. The van der Waals surface area contributed by atoms with Crippen LogP contribution in [0.25, 0.3) is 0 Å².